The Labute approximate surface area is 146 Å². The lowest BCUT2D eigenvalue weighted by Gasteiger charge is -2.27. The van der Waals surface area contributed by atoms with E-state index < -0.39 is 0 Å². The molecule has 0 radical (unpaired) electrons. The Bertz CT molecular complexity index is 513. The highest BCUT2D eigenvalue weighted by Crippen LogP contribution is 2.18. The van der Waals surface area contributed by atoms with Gasteiger partial charge in [-0.15, -0.1) is 0 Å². The zero-order valence-electron chi connectivity index (χ0n) is 15.3. The third kappa shape index (κ3) is 6.13. The molecule has 0 spiro atoms. The summed E-state index contributed by atoms with van der Waals surface area (Å²) in [6.45, 7) is 4.27. The van der Waals surface area contributed by atoms with Crippen LogP contribution in [0.15, 0.2) is 29.3 Å². The molecule has 1 saturated heterocycles. The summed E-state index contributed by atoms with van der Waals surface area (Å²) >= 11 is 0. The lowest BCUT2D eigenvalue weighted by Crippen LogP contribution is -2.39. The van der Waals surface area contributed by atoms with Crippen LogP contribution >= 0.6 is 0 Å². The van der Waals surface area contributed by atoms with E-state index in [0.717, 1.165) is 38.2 Å². The summed E-state index contributed by atoms with van der Waals surface area (Å²) < 4.78 is 10.6. The van der Waals surface area contributed by atoms with Gasteiger partial charge in [-0.2, -0.15) is 0 Å². The molecule has 1 aromatic carbocycles. The van der Waals surface area contributed by atoms with Gasteiger partial charge < -0.3 is 19.7 Å². The third-order valence-electron chi connectivity index (χ3n) is 4.54. The van der Waals surface area contributed by atoms with Crippen molar-refractivity contribution in [2.24, 2.45) is 10.9 Å². The van der Waals surface area contributed by atoms with Crippen LogP contribution in [0, 0.1) is 5.92 Å². The van der Waals surface area contributed by atoms with E-state index >= 15 is 0 Å². The fourth-order valence-corrected chi connectivity index (χ4v) is 3.08. The molecule has 0 aliphatic carbocycles. The van der Waals surface area contributed by atoms with Crippen LogP contribution in [0.25, 0.3) is 0 Å². The maximum atomic E-state index is 5.43. The highest BCUT2D eigenvalue weighted by atomic mass is 16.5. The molecule has 5 nitrogen and oxygen atoms in total. The number of hydrogen-bond donors (Lipinski definition) is 1. The minimum Gasteiger partial charge on any atom is -0.381 e. The SMILES string of the molecule is CN=C(NCc1cccc(COC)c1)N(C)CCC1CCOCC1. The second-order valence-electron chi connectivity index (χ2n) is 6.42. The number of ether oxygens (including phenoxy) is 2. The first kappa shape index (κ1) is 18.7. The summed E-state index contributed by atoms with van der Waals surface area (Å²) in [6, 6.07) is 8.46. The van der Waals surface area contributed by atoms with Crippen molar-refractivity contribution in [1.82, 2.24) is 10.2 Å². The van der Waals surface area contributed by atoms with Crippen molar-refractivity contribution in [3.8, 4) is 0 Å². The van der Waals surface area contributed by atoms with Crippen molar-refractivity contribution in [2.45, 2.75) is 32.4 Å². The van der Waals surface area contributed by atoms with Crippen LogP contribution in [0.2, 0.25) is 0 Å². The zero-order valence-corrected chi connectivity index (χ0v) is 15.3. The molecule has 0 aromatic heterocycles. The van der Waals surface area contributed by atoms with Crippen molar-refractivity contribution in [2.75, 3.05) is 41.0 Å². The second kappa shape index (κ2) is 10.3. The molecule has 2 rings (SSSR count). The second-order valence-corrected chi connectivity index (χ2v) is 6.42. The van der Waals surface area contributed by atoms with E-state index in [2.05, 4.69) is 46.5 Å². The van der Waals surface area contributed by atoms with E-state index in [1.54, 1.807) is 7.11 Å². The number of guanidine groups is 1. The predicted molar refractivity (Wildman–Crippen MR) is 98.1 cm³/mol. The van der Waals surface area contributed by atoms with Crippen LogP contribution in [0.1, 0.15) is 30.4 Å². The number of nitrogens with zero attached hydrogens (tertiary/aromatic N) is 2. The summed E-state index contributed by atoms with van der Waals surface area (Å²) in [4.78, 5) is 6.62. The van der Waals surface area contributed by atoms with Crippen molar-refractivity contribution >= 4 is 5.96 Å². The molecule has 5 heteroatoms. The van der Waals surface area contributed by atoms with E-state index in [-0.39, 0.29) is 0 Å². The largest absolute Gasteiger partial charge is 0.381 e. The summed E-state index contributed by atoms with van der Waals surface area (Å²) in [6.07, 6.45) is 3.57. The highest BCUT2D eigenvalue weighted by molar-refractivity contribution is 5.79. The fourth-order valence-electron chi connectivity index (χ4n) is 3.08. The summed E-state index contributed by atoms with van der Waals surface area (Å²) in [5.41, 5.74) is 2.43. The smallest absolute Gasteiger partial charge is 0.193 e. The molecule has 0 bridgehead atoms. The first-order chi connectivity index (χ1) is 11.7. The number of benzene rings is 1. The molecule has 1 fully saturated rings. The van der Waals surface area contributed by atoms with Crippen LogP contribution < -0.4 is 5.32 Å². The van der Waals surface area contributed by atoms with Gasteiger partial charge in [-0.25, -0.2) is 0 Å². The molecular weight excluding hydrogens is 302 g/mol. The molecule has 24 heavy (non-hydrogen) atoms. The molecule has 0 atom stereocenters. The molecule has 1 aromatic rings. The van der Waals surface area contributed by atoms with E-state index in [1.165, 1.54) is 30.4 Å². The molecule has 134 valence electrons. The Hall–Kier alpha value is -1.59. The van der Waals surface area contributed by atoms with Gasteiger partial charge in [0.25, 0.3) is 0 Å². The minimum atomic E-state index is 0.646. The number of nitrogens with one attached hydrogen (secondary N) is 1. The summed E-state index contributed by atoms with van der Waals surface area (Å²) in [7, 11) is 5.67. The molecule has 0 saturated carbocycles. The Morgan fingerprint density at radius 1 is 1.33 bits per heavy atom. The Morgan fingerprint density at radius 3 is 2.79 bits per heavy atom. The van der Waals surface area contributed by atoms with Gasteiger partial charge in [-0.3, -0.25) is 4.99 Å². The maximum absolute atomic E-state index is 5.43. The first-order valence-corrected chi connectivity index (χ1v) is 8.79. The topological polar surface area (TPSA) is 46.1 Å². The molecule has 1 aliphatic heterocycles. The van der Waals surface area contributed by atoms with E-state index in [4.69, 9.17) is 9.47 Å². The summed E-state index contributed by atoms with van der Waals surface area (Å²) in [5.74, 6) is 1.73. The Kier molecular flexibility index (Phi) is 8.05. The van der Waals surface area contributed by atoms with Crippen molar-refractivity contribution < 1.29 is 9.47 Å². The van der Waals surface area contributed by atoms with Gasteiger partial charge in [0.2, 0.25) is 0 Å². The van der Waals surface area contributed by atoms with Gasteiger partial charge in [0.1, 0.15) is 0 Å². The van der Waals surface area contributed by atoms with Crippen LogP contribution in [0.4, 0.5) is 0 Å². The number of rotatable bonds is 7. The molecule has 1 aliphatic rings. The lowest BCUT2D eigenvalue weighted by molar-refractivity contribution is 0.0625. The number of aliphatic imine (C=N–C) groups is 1. The molecular formula is C19H31N3O2. The average Bonchev–Trinajstić information content (AvgIpc) is 2.62. The van der Waals surface area contributed by atoms with Gasteiger partial charge in [0.15, 0.2) is 5.96 Å². The monoisotopic (exact) mass is 333 g/mol. The van der Waals surface area contributed by atoms with Crippen LogP contribution in [-0.4, -0.2) is 51.8 Å². The normalized spacial score (nSPS) is 16.2. The van der Waals surface area contributed by atoms with Crippen LogP contribution in [0.3, 0.4) is 0 Å². The molecule has 0 amide bonds. The molecule has 1 heterocycles. The quantitative estimate of drug-likeness (QED) is 0.615. The van der Waals surface area contributed by atoms with Gasteiger partial charge >= 0.3 is 0 Å². The maximum Gasteiger partial charge on any atom is 0.193 e. The van der Waals surface area contributed by atoms with Crippen molar-refractivity contribution in [3.63, 3.8) is 0 Å². The standard InChI is InChI=1S/C19H31N3O2/c1-20-19(22(2)10-7-16-8-11-24-12-9-16)21-14-17-5-4-6-18(13-17)15-23-3/h4-6,13,16H,7-12,14-15H2,1-3H3,(H,20,21). The van der Waals surface area contributed by atoms with Crippen molar-refractivity contribution in [1.29, 1.82) is 0 Å². The van der Waals surface area contributed by atoms with Crippen LogP contribution in [0.5, 0.6) is 0 Å². The Balaban J connectivity index is 1.79. The summed E-state index contributed by atoms with van der Waals surface area (Å²) in [5, 5.41) is 3.45. The van der Waals surface area contributed by atoms with Crippen LogP contribution in [-0.2, 0) is 22.6 Å². The molecule has 0 unspecified atom stereocenters. The van der Waals surface area contributed by atoms with Crippen molar-refractivity contribution in [3.05, 3.63) is 35.4 Å². The predicted octanol–water partition coefficient (Wildman–Crippen LogP) is 2.66. The van der Waals surface area contributed by atoms with E-state index in [9.17, 15) is 0 Å². The van der Waals surface area contributed by atoms with Gasteiger partial charge in [-0.1, -0.05) is 24.3 Å². The van der Waals surface area contributed by atoms with E-state index in [1.807, 2.05) is 7.05 Å². The molecule has 1 N–H and O–H groups in total. The Morgan fingerprint density at radius 2 is 2.08 bits per heavy atom. The first-order valence-electron chi connectivity index (χ1n) is 8.79. The number of methoxy groups -OCH3 is 1. The van der Waals surface area contributed by atoms with Gasteiger partial charge in [-0.05, 0) is 36.3 Å². The van der Waals surface area contributed by atoms with E-state index in [0.29, 0.717) is 6.61 Å². The highest BCUT2D eigenvalue weighted by Gasteiger charge is 2.15. The minimum absolute atomic E-state index is 0.646. The fraction of sp³-hybridized carbons (Fsp3) is 0.632. The zero-order chi connectivity index (χ0) is 17.2. The average molecular weight is 333 g/mol. The third-order valence-corrected chi connectivity index (χ3v) is 4.54. The van der Waals surface area contributed by atoms with Gasteiger partial charge in [0.05, 0.1) is 6.61 Å². The lowest BCUT2D eigenvalue weighted by atomic mass is 9.96. The number of hydrogen-bond acceptors (Lipinski definition) is 3. The van der Waals surface area contributed by atoms with Gasteiger partial charge in [0, 0.05) is 47.5 Å².